The third kappa shape index (κ3) is 4.30. The van der Waals surface area contributed by atoms with Gasteiger partial charge in [-0.2, -0.15) is 0 Å². The number of hydrogen-bond donors (Lipinski definition) is 1. The summed E-state index contributed by atoms with van der Waals surface area (Å²) in [5, 5.41) is 4.10. The van der Waals surface area contributed by atoms with E-state index >= 15 is 0 Å². The number of benzene rings is 1. The molecule has 0 fully saturated rings. The summed E-state index contributed by atoms with van der Waals surface area (Å²) in [6.07, 6.45) is 3.27. The number of fused-ring (bicyclic) bond motifs is 2. The topological polar surface area (TPSA) is 86.1 Å². The van der Waals surface area contributed by atoms with Gasteiger partial charge in [-0.1, -0.05) is 30.0 Å². The van der Waals surface area contributed by atoms with Crippen LogP contribution in [0.5, 0.6) is 5.75 Å². The molecule has 0 saturated heterocycles. The third-order valence-corrected chi connectivity index (χ3v) is 5.00. The van der Waals surface area contributed by atoms with E-state index in [1.54, 1.807) is 29.1 Å². The molecule has 0 atom stereocenters. The van der Waals surface area contributed by atoms with Crippen LogP contribution in [-0.4, -0.2) is 33.6 Å². The van der Waals surface area contributed by atoms with E-state index in [1.165, 1.54) is 0 Å². The predicted molar refractivity (Wildman–Crippen MR) is 124 cm³/mol. The van der Waals surface area contributed by atoms with Gasteiger partial charge < -0.3 is 14.6 Å². The second-order valence-electron chi connectivity index (χ2n) is 7.14. The summed E-state index contributed by atoms with van der Waals surface area (Å²) in [5.41, 5.74) is 1.90. The highest BCUT2D eigenvalue weighted by Gasteiger charge is 2.15. The maximum Gasteiger partial charge on any atom is 0.257 e. The van der Waals surface area contributed by atoms with E-state index in [0.717, 1.165) is 16.6 Å². The number of para-hydroxylation sites is 1. The first-order valence-corrected chi connectivity index (χ1v) is 10.3. The van der Waals surface area contributed by atoms with Crippen LogP contribution in [0.15, 0.2) is 59.7 Å². The van der Waals surface area contributed by atoms with E-state index in [2.05, 4.69) is 27.1 Å². The monoisotopic (exact) mass is 426 g/mol. The second kappa shape index (κ2) is 9.31. The lowest BCUT2D eigenvalue weighted by molar-refractivity contribution is 0.0957. The SMILES string of the molecule is CCn1cc(C(=O)NCC#CCOc2cccc3cccnc23)c(=O)c2ccc(C)nc21. The molecule has 7 nitrogen and oxygen atoms in total. The molecule has 7 heteroatoms. The van der Waals surface area contributed by atoms with Crippen LogP contribution in [0.3, 0.4) is 0 Å². The lowest BCUT2D eigenvalue weighted by Crippen LogP contribution is -2.30. The van der Waals surface area contributed by atoms with Crippen molar-refractivity contribution in [1.29, 1.82) is 0 Å². The van der Waals surface area contributed by atoms with Crippen molar-refractivity contribution < 1.29 is 9.53 Å². The number of pyridine rings is 3. The van der Waals surface area contributed by atoms with E-state index in [9.17, 15) is 9.59 Å². The maximum absolute atomic E-state index is 12.8. The van der Waals surface area contributed by atoms with Gasteiger partial charge in [0, 0.05) is 30.0 Å². The van der Waals surface area contributed by atoms with Gasteiger partial charge in [-0.25, -0.2) is 4.98 Å². The highest BCUT2D eigenvalue weighted by Crippen LogP contribution is 2.22. The van der Waals surface area contributed by atoms with Gasteiger partial charge in [0.1, 0.15) is 29.1 Å². The molecule has 0 bridgehead atoms. The number of nitrogens with zero attached hydrogens (tertiary/aromatic N) is 3. The first-order valence-electron chi connectivity index (χ1n) is 10.3. The van der Waals surface area contributed by atoms with Gasteiger partial charge in [0.2, 0.25) is 5.43 Å². The highest BCUT2D eigenvalue weighted by molar-refractivity contribution is 5.97. The summed E-state index contributed by atoms with van der Waals surface area (Å²) in [6.45, 7) is 4.66. The van der Waals surface area contributed by atoms with Crippen molar-refractivity contribution in [2.75, 3.05) is 13.2 Å². The molecule has 0 saturated carbocycles. The number of ether oxygens (including phenoxy) is 1. The standard InChI is InChI=1S/C25H22N4O3/c1-3-29-16-20(23(30)19-12-11-17(2)28-24(19)29)25(31)27-13-4-5-15-32-21-10-6-8-18-9-7-14-26-22(18)21/h6-12,14,16H,3,13,15H2,1-2H3,(H,27,31). The lowest BCUT2D eigenvalue weighted by atomic mass is 10.1. The molecule has 0 aliphatic heterocycles. The fourth-order valence-corrected chi connectivity index (χ4v) is 3.40. The smallest absolute Gasteiger partial charge is 0.257 e. The van der Waals surface area contributed by atoms with Crippen molar-refractivity contribution in [3.8, 4) is 17.6 Å². The molecular weight excluding hydrogens is 404 g/mol. The number of aryl methyl sites for hydroxylation is 2. The Balaban J connectivity index is 1.41. The van der Waals surface area contributed by atoms with Crippen molar-refractivity contribution in [1.82, 2.24) is 19.9 Å². The summed E-state index contributed by atoms with van der Waals surface area (Å²) >= 11 is 0. The van der Waals surface area contributed by atoms with Gasteiger partial charge in [0.15, 0.2) is 0 Å². The quantitative estimate of drug-likeness (QED) is 0.496. The Morgan fingerprint density at radius 3 is 2.84 bits per heavy atom. The molecular formula is C25H22N4O3. The van der Waals surface area contributed by atoms with Crippen molar-refractivity contribution in [2.45, 2.75) is 20.4 Å². The van der Waals surface area contributed by atoms with Gasteiger partial charge in [0.05, 0.1) is 11.9 Å². The molecule has 0 spiro atoms. The van der Waals surface area contributed by atoms with Gasteiger partial charge in [-0.15, -0.1) is 0 Å². The van der Waals surface area contributed by atoms with Gasteiger partial charge in [-0.05, 0) is 38.1 Å². The zero-order valence-electron chi connectivity index (χ0n) is 17.9. The minimum atomic E-state index is -0.465. The summed E-state index contributed by atoms with van der Waals surface area (Å²) in [7, 11) is 0. The molecule has 3 aromatic heterocycles. The Hall–Kier alpha value is -4.18. The Labute approximate surface area is 185 Å². The summed E-state index contributed by atoms with van der Waals surface area (Å²) in [4.78, 5) is 34.1. The molecule has 32 heavy (non-hydrogen) atoms. The van der Waals surface area contributed by atoms with Crippen LogP contribution in [0.2, 0.25) is 0 Å². The number of carbonyl (C=O) groups excluding carboxylic acids is 1. The number of rotatable bonds is 5. The van der Waals surface area contributed by atoms with E-state index in [4.69, 9.17) is 4.74 Å². The van der Waals surface area contributed by atoms with E-state index in [-0.39, 0.29) is 24.1 Å². The number of aromatic nitrogens is 3. The van der Waals surface area contributed by atoms with E-state index < -0.39 is 5.91 Å². The van der Waals surface area contributed by atoms with Gasteiger partial charge in [0.25, 0.3) is 5.91 Å². The minimum Gasteiger partial charge on any atom is -0.479 e. The Morgan fingerprint density at radius 2 is 2.00 bits per heavy atom. The number of carbonyl (C=O) groups is 1. The molecule has 1 aromatic carbocycles. The fraction of sp³-hybridized carbons (Fsp3) is 0.200. The predicted octanol–water partition coefficient (Wildman–Crippen LogP) is 3.09. The lowest BCUT2D eigenvalue weighted by Gasteiger charge is -2.11. The van der Waals surface area contributed by atoms with Crippen molar-refractivity contribution in [3.05, 3.63) is 76.3 Å². The molecule has 160 valence electrons. The first kappa shape index (κ1) is 21.1. The molecule has 0 aliphatic carbocycles. The molecule has 4 aromatic rings. The molecule has 4 rings (SSSR count). The van der Waals surface area contributed by atoms with E-state index in [0.29, 0.717) is 23.3 Å². The number of amides is 1. The molecule has 0 unspecified atom stereocenters. The molecule has 3 heterocycles. The number of hydrogen-bond acceptors (Lipinski definition) is 5. The van der Waals surface area contributed by atoms with Gasteiger partial charge >= 0.3 is 0 Å². The van der Waals surface area contributed by atoms with Crippen molar-refractivity contribution in [3.63, 3.8) is 0 Å². The summed E-state index contributed by atoms with van der Waals surface area (Å²) in [6, 6.07) is 13.0. The maximum atomic E-state index is 12.8. The average molecular weight is 426 g/mol. The van der Waals surface area contributed by atoms with E-state index in [1.807, 2.05) is 44.2 Å². The largest absolute Gasteiger partial charge is 0.479 e. The third-order valence-electron chi connectivity index (χ3n) is 5.00. The van der Waals surface area contributed by atoms with Crippen LogP contribution in [0.4, 0.5) is 0 Å². The zero-order chi connectivity index (χ0) is 22.5. The Morgan fingerprint density at radius 1 is 1.16 bits per heavy atom. The van der Waals surface area contributed by atoms with Crippen LogP contribution in [-0.2, 0) is 6.54 Å². The molecule has 1 N–H and O–H groups in total. The Bertz CT molecular complexity index is 1430. The highest BCUT2D eigenvalue weighted by atomic mass is 16.5. The summed E-state index contributed by atoms with van der Waals surface area (Å²) in [5.74, 6) is 5.91. The Kier molecular flexibility index (Phi) is 6.13. The van der Waals surface area contributed by atoms with Crippen molar-refractivity contribution >= 4 is 27.8 Å². The van der Waals surface area contributed by atoms with Crippen LogP contribution in [0.1, 0.15) is 23.0 Å². The minimum absolute atomic E-state index is 0.0740. The van der Waals surface area contributed by atoms with Crippen LogP contribution in [0.25, 0.3) is 21.9 Å². The zero-order valence-corrected chi connectivity index (χ0v) is 17.9. The fourth-order valence-electron chi connectivity index (χ4n) is 3.40. The van der Waals surface area contributed by atoms with Crippen LogP contribution >= 0.6 is 0 Å². The summed E-state index contributed by atoms with van der Waals surface area (Å²) < 4.78 is 7.51. The van der Waals surface area contributed by atoms with Crippen LogP contribution < -0.4 is 15.5 Å². The molecule has 0 aliphatic rings. The van der Waals surface area contributed by atoms with Gasteiger partial charge in [-0.3, -0.25) is 14.6 Å². The number of nitrogens with one attached hydrogen (secondary N) is 1. The second-order valence-corrected chi connectivity index (χ2v) is 7.14. The molecule has 1 amide bonds. The molecule has 0 radical (unpaired) electrons. The van der Waals surface area contributed by atoms with Crippen molar-refractivity contribution in [2.24, 2.45) is 0 Å². The normalized spacial score (nSPS) is 10.6. The van der Waals surface area contributed by atoms with Crippen LogP contribution in [0, 0.1) is 18.8 Å². The first-order chi connectivity index (χ1) is 15.6. The average Bonchev–Trinajstić information content (AvgIpc) is 2.81.